The van der Waals surface area contributed by atoms with Gasteiger partial charge in [-0.25, -0.2) is 0 Å². The third-order valence-electron chi connectivity index (χ3n) is 4.75. The monoisotopic (exact) mass is 268 g/mol. The summed E-state index contributed by atoms with van der Waals surface area (Å²) in [5.41, 5.74) is 0. The Morgan fingerprint density at radius 3 is 2.63 bits per heavy atom. The van der Waals surface area contributed by atoms with Gasteiger partial charge in [-0.1, -0.05) is 13.8 Å². The maximum atomic E-state index is 12.7. The van der Waals surface area contributed by atoms with Gasteiger partial charge in [0.05, 0.1) is 18.1 Å². The van der Waals surface area contributed by atoms with Crippen LogP contribution in [0.2, 0.25) is 0 Å². The number of hydrogen-bond acceptors (Lipinski definition) is 3. The number of piperidine rings is 1. The van der Waals surface area contributed by atoms with Crippen molar-refractivity contribution in [3.63, 3.8) is 0 Å². The largest absolute Gasteiger partial charge is 0.374 e. The van der Waals surface area contributed by atoms with Crippen molar-refractivity contribution in [1.29, 1.82) is 0 Å². The van der Waals surface area contributed by atoms with E-state index in [9.17, 15) is 4.79 Å². The lowest BCUT2D eigenvalue weighted by molar-refractivity contribution is -0.139. The maximum absolute atomic E-state index is 12.7. The SMILES string of the molecule is CCNC1CCCN(C(=O)C2C(C)OC(C)C2C)C1. The minimum atomic E-state index is 0.0374. The Kier molecular flexibility index (Phi) is 4.85. The number of nitrogens with zero attached hydrogens (tertiary/aromatic N) is 1. The number of likely N-dealkylation sites (tertiary alicyclic amines) is 1. The molecular formula is C15H28N2O2. The summed E-state index contributed by atoms with van der Waals surface area (Å²) >= 11 is 0. The molecule has 19 heavy (non-hydrogen) atoms. The molecule has 2 aliphatic rings. The molecule has 5 unspecified atom stereocenters. The molecule has 0 aromatic rings. The van der Waals surface area contributed by atoms with Crippen LogP contribution >= 0.6 is 0 Å². The quantitative estimate of drug-likeness (QED) is 0.846. The molecule has 0 saturated carbocycles. The molecule has 4 nitrogen and oxygen atoms in total. The summed E-state index contributed by atoms with van der Waals surface area (Å²) in [5, 5.41) is 3.47. The molecule has 0 radical (unpaired) electrons. The highest BCUT2D eigenvalue weighted by Crippen LogP contribution is 2.34. The number of carbonyl (C=O) groups is 1. The van der Waals surface area contributed by atoms with E-state index in [0.29, 0.717) is 17.9 Å². The molecule has 1 amide bonds. The van der Waals surface area contributed by atoms with E-state index in [1.54, 1.807) is 0 Å². The van der Waals surface area contributed by atoms with Gasteiger partial charge in [0.1, 0.15) is 0 Å². The molecule has 2 fully saturated rings. The van der Waals surface area contributed by atoms with Crippen LogP contribution in [0.15, 0.2) is 0 Å². The third-order valence-corrected chi connectivity index (χ3v) is 4.75. The number of ether oxygens (including phenoxy) is 1. The predicted molar refractivity (Wildman–Crippen MR) is 75.9 cm³/mol. The minimum Gasteiger partial charge on any atom is -0.374 e. The first-order valence-electron chi connectivity index (χ1n) is 7.72. The van der Waals surface area contributed by atoms with E-state index in [-0.39, 0.29) is 18.1 Å². The number of hydrogen-bond donors (Lipinski definition) is 1. The molecule has 2 rings (SSSR count). The summed E-state index contributed by atoms with van der Waals surface area (Å²) in [4.78, 5) is 14.8. The molecule has 1 N–H and O–H groups in total. The van der Waals surface area contributed by atoms with Crippen LogP contribution in [0.4, 0.5) is 0 Å². The Bertz CT molecular complexity index is 319. The zero-order chi connectivity index (χ0) is 14.0. The Morgan fingerprint density at radius 2 is 2.05 bits per heavy atom. The van der Waals surface area contributed by atoms with Crippen molar-refractivity contribution in [1.82, 2.24) is 10.2 Å². The average Bonchev–Trinajstić information content (AvgIpc) is 2.63. The van der Waals surface area contributed by atoms with Crippen LogP contribution in [0.5, 0.6) is 0 Å². The highest BCUT2D eigenvalue weighted by molar-refractivity contribution is 5.80. The topological polar surface area (TPSA) is 41.6 Å². The molecule has 2 aliphatic heterocycles. The Hall–Kier alpha value is -0.610. The summed E-state index contributed by atoms with van der Waals surface area (Å²) in [6.45, 7) is 11.1. The fraction of sp³-hybridized carbons (Fsp3) is 0.933. The first-order valence-corrected chi connectivity index (χ1v) is 7.72. The molecule has 0 aromatic heterocycles. The number of carbonyl (C=O) groups excluding carboxylic acids is 1. The van der Waals surface area contributed by atoms with Crippen LogP contribution in [-0.4, -0.2) is 48.7 Å². The van der Waals surface area contributed by atoms with Gasteiger partial charge in [-0.2, -0.15) is 0 Å². The van der Waals surface area contributed by atoms with Crippen molar-refractivity contribution in [3.05, 3.63) is 0 Å². The molecule has 0 aromatic carbocycles. The second-order valence-corrected chi connectivity index (χ2v) is 6.11. The normalized spacial score (nSPS) is 39.6. The second-order valence-electron chi connectivity index (χ2n) is 6.11. The zero-order valence-corrected chi connectivity index (χ0v) is 12.7. The lowest BCUT2D eigenvalue weighted by Gasteiger charge is -2.35. The smallest absolute Gasteiger partial charge is 0.228 e. The fourth-order valence-electron chi connectivity index (χ4n) is 3.54. The van der Waals surface area contributed by atoms with Gasteiger partial charge < -0.3 is 15.0 Å². The lowest BCUT2D eigenvalue weighted by Crippen LogP contribution is -2.51. The average molecular weight is 268 g/mol. The molecule has 2 heterocycles. The third kappa shape index (κ3) is 3.11. The molecule has 110 valence electrons. The number of likely N-dealkylation sites (N-methyl/N-ethyl adjacent to an activating group) is 1. The van der Waals surface area contributed by atoms with E-state index >= 15 is 0 Å². The van der Waals surface area contributed by atoms with Gasteiger partial charge in [-0.3, -0.25) is 4.79 Å². The van der Waals surface area contributed by atoms with Crippen LogP contribution in [0.25, 0.3) is 0 Å². The van der Waals surface area contributed by atoms with Gasteiger partial charge in [0.15, 0.2) is 0 Å². The molecule has 0 aliphatic carbocycles. The molecule has 5 atom stereocenters. The standard InChI is InChI=1S/C15H28N2O2/c1-5-16-13-7-6-8-17(9-13)15(18)14-10(2)11(3)19-12(14)4/h10-14,16H,5-9H2,1-4H3. The van der Waals surface area contributed by atoms with Crippen molar-refractivity contribution in [2.24, 2.45) is 11.8 Å². The van der Waals surface area contributed by atoms with E-state index in [2.05, 4.69) is 31.0 Å². The van der Waals surface area contributed by atoms with Crippen molar-refractivity contribution in [2.75, 3.05) is 19.6 Å². The highest BCUT2D eigenvalue weighted by atomic mass is 16.5. The van der Waals surface area contributed by atoms with Gasteiger partial charge in [0, 0.05) is 19.1 Å². The van der Waals surface area contributed by atoms with E-state index in [0.717, 1.165) is 26.1 Å². The first-order chi connectivity index (χ1) is 9.04. The van der Waals surface area contributed by atoms with Crippen LogP contribution < -0.4 is 5.32 Å². The van der Waals surface area contributed by atoms with E-state index in [1.807, 2.05) is 6.92 Å². The van der Waals surface area contributed by atoms with Gasteiger partial charge >= 0.3 is 0 Å². The van der Waals surface area contributed by atoms with E-state index in [1.165, 1.54) is 6.42 Å². The van der Waals surface area contributed by atoms with Crippen LogP contribution in [0, 0.1) is 11.8 Å². The first kappa shape index (κ1) is 14.8. The van der Waals surface area contributed by atoms with Crippen LogP contribution in [0.1, 0.15) is 40.5 Å². The second kappa shape index (κ2) is 6.23. The van der Waals surface area contributed by atoms with Crippen molar-refractivity contribution in [3.8, 4) is 0 Å². The summed E-state index contributed by atoms with van der Waals surface area (Å²) in [5.74, 6) is 0.657. The van der Waals surface area contributed by atoms with Crippen molar-refractivity contribution < 1.29 is 9.53 Å². The number of rotatable bonds is 3. The van der Waals surface area contributed by atoms with Crippen molar-refractivity contribution in [2.45, 2.75) is 58.8 Å². The van der Waals surface area contributed by atoms with E-state index < -0.39 is 0 Å². The molecule has 0 spiro atoms. The summed E-state index contributed by atoms with van der Waals surface area (Å²) in [7, 11) is 0. The van der Waals surface area contributed by atoms with Gasteiger partial charge in [0.2, 0.25) is 5.91 Å². The Balaban J connectivity index is 1.99. The van der Waals surface area contributed by atoms with Crippen LogP contribution in [-0.2, 0) is 9.53 Å². The molecule has 0 bridgehead atoms. The number of amides is 1. The summed E-state index contributed by atoms with van der Waals surface area (Å²) in [6, 6.07) is 0.466. The number of nitrogens with one attached hydrogen (secondary N) is 1. The molecule has 4 heteroatoms. The van der Waals surface area contributed by atoms with E-state index in [4.69, 9.17) is 4.74 Å². The van der Waals surface area contributed by atoms with Gasteiger partial charge in [-0.15, -0.1) is 0 Å². The lowest BCUT2D eigenvalue weighted by atomic mass is 9.87. The maximum Gasteiger partial charge on any atom is 0.228 e. The minimum absolute atomic E-state index is 0.0374. The van der Waals surface area contributed by atoms with Crippen LogP contribution in [0.3, 0.4) is 0 Å². The highest BCUT2D eigenvalue weighted by Gasteiger charge is 2.43. The predicted octanol–water partition coefficient (Wildman–Crippen LogP) is 1.65. The summed E-state index contributed by atoms with van der Waals surface area (Å²) < 4.78 is 5.81. The molecule has 2 saturated heterocycles. The summed E-state index contributed by atoms with van der Waals surface area (Å²) in [6.07, 6.45) is 2.53. The zero-order valence-electron chi connectivity index (χ0n) is 12.7. The Morgan fingerprint density at radius 1 is 1.32 bits per heavy atom. The Labute approximate surface area is 116 Å². The fourth-order valence-corrected chi connectivity index (χ4v) is 3.54. The van der Waals surface area contributed by atoms with Crippen molar-refractivity contribution >= 4 is 5.91 Å². The van der Waals surface area contributed by atoms with Gasteiger partial charge in [0.25, 0.3) is 0 Å². The van der Waals surface area contributed by atoms with Gasteiger partial charge in [-0.05, 0) is 39.2 Å². The molecular weight excluding hydrogens is 240 g/mol.